The highest BCUT2D eigenvalue weighted by molar-refractivity contribution is 5.81. The van der Waals surface area contributed by atoms with Crippen LogP contribution in [0.5, 0.6) is 0 Å². The topological polar surface area (TPSA) is 41.4 Å². The van der Waals surface area contributed by atoms with E-state index in [4.69, 9.17) is 0 Å². The van der Waals surface area contributed by atoms with Crippen LogP contribution in [0.3, 0.4) is 0 Å². The number of aromatic nitrogens is 2. The summed E-state index contributed by atoms with van der Waals surface area (Å²) < 4.78 is 1.79. The quantitative estimate of drug-likeness (QED) is 0.815. The summed E-state index contributed by atoms with van der Waals surface area (Å²) in [5.41, 5.74) is 2.15. The van der Waals surface area contributed by atoms with Crippen molar-refractivity contribution < 1.29 is 0 Å². The molecule has 2 aliphatic carbocycles. The van der Waals surface area contributed by atoms with Gasteiger partial charge in [0.1, 0.15) is 0 Å². The van der Waals surface area contributed by atoms with E-state index in [1.807, 2.05) is 6.07 Å². The minimum absolute atomic E-state index is 0.111. The molecule has 5 nitrogen and oxygen atoms in total. The molecule has 0 amide bonds. The van der Waals surface area contributed by atoms with Crippen LogP contribution in [-0.4, -0.2) is 47.2 Å². The summed E-state index contributed by atoms with van der Waals surface area (Å²) in [4.78, 5) is 22.4. The Hall–Kier alpha value is -1.88. The van der Waals surface area contributed by atoms with Crippen LogP contribution in [0.1, 0.15) is 38.5 Å². The Kier molecular flexibility index (Phi) is 4.64. The third-order valence-electron chi connectivity index (χ3n) is 6.69. The highest BCUT2D eigenvalue weighted by Crippen LogP contribution is 2.30. The van der Waals surface area contributed by atoms with Gasteiger partial charge in [0.15, 0.2) is 0 Å². The molecule has 2 aromatic rings. The van der Waals surface area contributed by atoms with Gasteiger partial charge >= 0.3 is 0 Å². The predicted octanol–water partition coefficient (Wildman–Crippen LogP) is 3.12. The zero-order valence-electron chi connectivity index (χ0n) is 16.1. The van der Waals surface area contributed by atoms with E-state index < -0.39 is 0 Å². The van der Waals surface area contributed by atoms with Crippen molar-refractivity contribution >= 4 is 16.6 Å². The maximum atomic E-state index is 12.7. The first-order chi connectivity index (χ1) is 13.3. The van der Waals surface area contributed by atoms with Crippen molar-refractivity contribution in [3.63, 3.8) is 0 Å². The summed E-state index contributed by atoms with van der Waals surface area (Å²) in [5, 5.41) is 0.752. The van der Waals surface area contributed by atoms with Crippen molar-refractivity contribution in [3.05, 3.63) is 34.9 Å². The van der Waals surface area contributed by atoms with Gasteiger partial charge in [0.25, 0.3) is 5.56 Å². The highest BCUT2D eigenvalue weighted by atomic mass is 16.1. The smallest absolute Gasteiger partial charge is 0.261 e. The summed E-state index contributed by atoms with van der Waals surface area (Å²) in [6, 6.07) is 6.19. The standard InChI is InChI=1S/C22H30N4O/c27-22-20-8-7-19(13-21(20)23-16-26(22)15-18-5-6-18)25-11-9-24(10-12-25)14-17-3-1-2-4-17/h7-8,13,16-18H,1-6,9-12,14-15H2. The second-order valence-corrected chi connectivity index (χ2v) is 8.79. The molecule has 0 bridgehead atoms. The van der Waals surface area contributed by atoms with Gasteiger partial charge in [0.05, 0.1) is 17.2 Å². The Bertz CT molecular complexity index is 858. The Morgan fingerprint density at radius 3 is 2.41 bits per heavy atom. The molecule has 3 fully saturated rings. The lowest BCUT2D eigenvalue weighted by Gasteiger charge is -2.37. The number of piperazine rings is 1. The fraction of sp³-hybridized carbons (Fsp3) is 0.636. The average Bonchev–Trinajstić information content (AvgIpc) is 3.37. The number of hydrogen-bond acceptors (Lipinski definition) is 4. The number of nitrogens with zero attached hydrogens (tertiary/aromatic N) is 4. The SMILES string of the molecule is O=c1c2ccc(N3CCN(CC4CCCC4)CC3)cc2ncn1CC1CC1. The summed E-state index contributed by atoms with van der Waals surface area (Å²) in [6.45, 7) is 6.53. The van der Waals surface area contributed by atoms with Gasteiger partial charge in [0, 0.05) is 45.0 Å². The van der Waals surface area contributed by atoms with Crippen molar-refractivity contribution in [1.82, 2.24) is 14.5 Å². The molecule has 0 atom stereocenters. The number of rotatable bonds is 5. The number of anilines is 1. The van der Waals surface area contributed by atoms with Crippen LogP contribution in [0.2, 0.25) is 0 Å². The minimum atomic E-state index is 0.111. The Balaban J connectivity index is 1.27. The molecule has 2 heterocycles. The molecule has 1 aliphatic heterocycles. The second-order valence-electron chi connectivity index (χ2n) is 8.79. The van der Waals surface area contributed by atoms with Gasteiger partial charge in [-0.2, -0.15) is 0 Å². The molecule has 0 unspecified atom stereocenters. The van der Waals surface area contributed by atoms with Crippen molar-refractivity contribution in [3.8, 4) is 0 Å². The lowest BCUT2D eigenvalue weighted by Crippen LogP contribution is -2.47. The fourth-order valence-electron chi connectivity index (χ4n) is 4.80. The molecule has 0 spiro atoms. The van der Waals surface area contributed by atoms with E-state index in [1.54, 1.807) is 10.9 Å². The zero-order valence-corrected chi connectivity index (χ0v) is 16.1. The van der Waals surface area contributed by atoms with Gasteiger partial charge in [0.2, 0.25) is 0 Å². The first kappa shape index (κ1) is 17.2. The molecular formula is C22H30N4O. The van der Waals surface area contributed by atoms with Crippen LogP contribution < -0.4 is 10.5 Å². The van der Waals surface area contributed by atoms with Gasteiger partial charge in [-0.15, -0.1) is 0 Å². The number of hydrogen-bond donors (Lipinski definition) is 0. The van der Waals surface area contributed by atoms with Crippen molar-refractivity contribution in [2.75, 3.05) is 37.6 Å². The van der Waals surface area contributed by atoms with Crippen molar-refractivity contribution in [2.45, 2.75) is 45.1 Å². The van der Waals surface area contributed by atoms with Crippen LogP contribution in [0.25, 0.3) is 10.9 Å². The molecule has 0 N–H and O–H groups in total. The summed E-state index contributed by atoms with van der Waals surface area (Å²) >= 11 is 0. The normalized spacial score (nSPS) is 22.0. The Morgan fingerprint density at radius 1 is 0.926 bits per heavy atom. The van der Waals surface area contributed by atoms with E-state index in [0.717, 1.165) is 49.5 Å². The van der Waals surface area contributed by atoms with Crippen molar-refractivity contribution in [2.24, 2.45) is 11.8 Å². The van der Waals surface area contributed by atoms with Crippen molar-refractivity contribution in [1.29, 1.82) is 0 Å². The van der Waals surface area contributed by atoms with Gasteiger partial charge in [-0.05, 0) is 55.7 Å². The molecule has 1 saturated heterocycles. The van der Waals surface area contributed by atoms with E-state index in [-0.39, 0.29) is 5.56 Å². The Morgan fingerprint density at radius 2 is 1.67 bits per heavy atom. The van der Waals surface area contributed by atoms with Crippen LogP contribution >= 0.6 is 0 Å². The molecule has 5 heteroatoms. The average molecular weight is 367 g/mol. The number of fused-ring (bicyclic) bond motifs is 1. The van der Waals surface area contributed by atoms with Crippen LogP contribution in [0, 0.1) is 11.8 Å². The summed E-state index contributed by atoms with van der Waals surface area (Å²) in [6.07, 6.45) is 9.94. The molecule has 2 saturated carbocycles. The van der Waals surface area contributed by atoms with Gasteiger partial charge < -0.3 is 4.90 Å². The molecule has 27 heavy (non-hydrogen) atoms. The fourth-order valence-corrected chi connectivity index (χ4v) is 4.80. The number of benzene rings is 1. The molecule has 3 aliphatic rings. The van der Waals surface area contributed by atoms with E-state index in [1.165, 1.54) is 50.8 Å². The first-order valence-corrected chi connectivity index (χ1v) is 10.7. The molecule has 144 valence electrons. The molecular weight excluding hydrogens is 336 g/mol. The second kappa shape index (κ2) is 7.27. The Labute approximate surface area is 161 Å². The van der Waals surface area contributed by atoms with Gasteiger partial charge in [-0.3, -0.25) is 14.3 Å². The molecule has 5 rings (SSSR count). The van der Waals surface area contributed by atoms with Crippen LogP contribution in [0.4, 0.5) is 5.69 Å². The molecule has 1 aromatic heterocycles. The van der Waals surface area contributed by atoms with E-state index in [9.17, 15) is 4.79 Å². The maximum Gasteiger partial charge on any atom is 0.261 e. The highest BCUT2D eigenvalue weighted by Gasteiger charge is 2.24. The van der Waals surface area contributed by atoms with Gasteiger partial charge in [-0.1, -0.05) is 12.8 Å². The van der Waals surface area contributed by atoms with Crippen LogP contribution in [0.15, 0.2) is 29.3 Å². The monoisotopic (exact) mass is 366 g/mol. The molecule has 1 aromatic carbocycles. The third-order valence-corrected chi connectivity index (χ3v) is 6.69. The zero-order chi connectivity index (χ0) is 18.2. The molecule has 0 radical (unpaired) electrons. The minimum Gasteiger partial charge on any atom is -0.369 e. The third kappa shape index (κ3) is 3.75. The van der Waals surface area contributed by atoms with E-state index >= 15 is 0 Å². The first-order valence-electron chi connectivity index (χ1n) is 10.7. The van der Waals surface area contributed by atoms with Crippen LogP contribution in [-0.2, 0) is 6.54 Å². The summed E-state index contributed by atoms with van der Waals surface area (Å²) in [5.74, 6) is 1.61. The van der Waals surface area contributed by atoms with E-state index in [2.05, 4.69) is 26.9 Å². The maximum absolute atomic E-state index is 12.7. The summed E-state index contributed by atoms with van der Waals surface area (Å²) in [7, 11) is 0. The largest absolute Gasteiger partial charge is 0.369 e. The van der Waals surface area contributed by atoms with Gasteiger partial charge in [-0.25, -0.2) is 4.98 Å². The van der Waals surface area contributed by atoms with E-state index in [0.29, 0.717) is 5.92 Å². The predicted molar refractivity (Wildman–Crippen MR) is 109 cm³/mol. The lowest BCUT2D eigenvalue weighted by atomic mass is 10.1. The lowest BCUT2D eigenvalue weighted by molar-refractivity contribution is 0.220.